The molecule has 2 N–H and O–H groups in total. The Morgan fingerprint density at radius 3 is 3.07 bits per heavy atom. The van der Waals surface area contributed by atoms with Crippen LogP contribution < -0.4 is 10.6 Å². The van der Waals surface area contributed by atoms with Gasteiger partial charge in [-0.2, -0.15) is 0 Å². The topological polar surface area (TPSA) is 50.4 Å². The van der Waals surface area contributed by atoms with Gasteiger partial charge in [-0.1, -0.05) is 0 Å². The molecule has 1 heterocycles. The molecule has 1 atom stereocenters. The van der Waals surface area contributed by atoms with E-state index in [1.54, 1.807) is 7.05 Å². The Balaban J connectivity index is 1.86. The second kappa shape index (κ2) is 6.79. The number of rotatable bonds is 6. The van der Waals surface area contributed by atoms with Crippen LogP contribution in [-0.2, 0) is 9.53 Å². The van der Waals surface area contributed by atoms with Gasteiger partial charge in [0.25, 0.3) is 0 Å². The molecule has 0 saturated carbocycles. The van der Waals surface area contributed by atoms with Gasteiger partial charge in [0.2, 0.25) is 5.91 Å². The van der Waals surface area contributed by atoms with Gasteiger partial charge in [0.05, 0.1) is 6.61 Å². The molecule has 1 unspecified atom stereocenters. The summed E-state index contributed by atoms with van der Waals surface area (Å²) in [5.74, 6) is 0.797. The molecule has 0 aliphatic carbocycles. The molecule has 1 rings (SSSR count). The summed E-state index contributed by atoms with van der Waals surface area (Å²) in [5.41, 5.74) is 0. The van der Waals surface area contributed by atoms with Crippen LogP contribution >= 0.6 is 0 Å². The maximum absolute atomic E-state index is 10.9. The van der Waals surface area contributed by atoms with E-state index < -0.39 is 0 Å². The monoisotopic (exact) mass is 200 g/mol. The van der Waals surface area contributed by atoms with E-state index in [1.807, 2.05) is 0 Å². The Morgan fingerprint density at radius 1 is 1.57 bits per heavy atom. The summed E-state index contributed by atoms with van der Waals surface area (Å²) in [7, 11) is 1.67. The number of hydrogen-bond acceptors (Lipinski definition) is 3. The smallest absolute Gasteiger partial charge is 0.219 e. The second-order valence-corrected chi connectivity index (χ2v) is 3.71. The molecule has 82 valence electrons. The highest BCUT2D eigenvalue weighted by Crippen LogP contribution is 2.10. The third-order valence-electron chi connectivity index (χ3n) is 2.49. The van der Waals surface area contributed by atoms with Gasteiger partial charge in [-0.3, -0.25) is 4.79 Å². The predicted octanol–water partition coefficient (Wildman–Crippen LogP) is 0.139. The first-order valence-electron chi connectivity index (χ1n) is 5.32. The fourth-order valence-electron chi connectivity index (χ4n) is 1.55. The molecule has 0 aromatic heterocycles. The zero-order valence-electron chi connectivity index (χ0n) is 8.84. The van der Waals surface area contributed by atoms with Crippen LogP contribution in [0.1, 0.15) is 19.3 Å². The predicted molar refractivity (Wildman–Crippen MR) is 55.1 cm³/mol. The summed E-state index contributed by atoms with van der Waals surface area (Å²) in [5, 5.41) is 5.96. The van der Waals surface area contributed by atoms with Gasteiger partial charge in [0.1, 0.15) is 0 Å². The van der Waals surface area contributed by atoms with Crippen molar-refractivity contribution in [3.8, 4) is 0 Å². The van der Waals surface area contributed by atoms with E-state index in [0.29, 0.717) is 12.3 Å². The van der Waals surface area contributed by atoms with Crippen molar-refractivity contribution in [2.24, 2.45) is 5.92 Å². The number of ether oxygens (including phenoxy) is 1. The lowest BCUT2D eigenvalue weighted by Crippen LogP contribution is -2.25. The van der Waals surface area contributed by atoms with E-state index in [1.165, 1.54) is 6.42 Å². The molecule has 14 heavy (non-hydrogen) atoms. The molecule has 0 spiro atoms. The molecule has 1 fully saturated rings. The molecule has 0 aromatic carbocycles. The van der Waals surface area contributed by atoms with Gasteiger partial charge in [-0.15, -0.1) is 0 Å². The van der Waals surface area contributed by atoms with E-state index in [9.17, 15) is 4.79 Å². The van der Waals surface area contributed by atoms with E-state index in [0.717, 1.165) is 32.7 Å². The Labute approximate surface area is 85.4 Å². The fourth-order valence-corrected chi connectivity index (χ4v) is 1.55. The molecule has 1 aliphatic rings. The fraction of sp³-hybridized carbons (Fsp3) is 0.900. The van der Waals surface area contributed by atoms with Crippen LogP contribution in [0.2, 0.25) is 0 Å². The molecule has 1 amide bonds. The van der Waals surface area contributed by atoms with Crippen molar-refractivity contribution in [3.05, 3.63) is 0 Å². The lowest BCUT2D eigenvalue weighted by Gasteiger charge is -2.08. The molecule has 1 saturated heterocycles. The minimum Gasteiger partial charge on any atom is -0.381 e. The number of nitrogens with one attached hydrogen (secondary N) is 2. The first-order valence-corrected chi connectivity index (χ1v) is 5.32. The largest absolute Gasteiger partial charge is 0.381 e. The minimum absolute atomic E-state index is 0.121. The summed E-state index contributed by atoms with van der Waals surface area (Å²) in [6.07, 6.45) is 2.69. The highest BCUT2D eigenvalue weighted by atomic mass is 16.5. The first-order chi connectivity index (χ1) is 6.83. The van der Waals surface area contributed by atoms with Gasteiger partial charge < -0.3 is 15.4 Å². The zero-order valence-corrected chi connectivity index (χ0v) is 8.84. The molecule has 0 bridgehead atoms. The normalized spacial score (nSPS) is 21.1. The Hall–Kier alpha value is -0.610. The maximum Gasteiger partial charge on any atom is 0.219 e. The lowest BCUT2D eigenvalue weighted by molar-refractivity contribution is -0.120. The standard InChI is InChI=1S/C10H20N2O2/c1-11-10(13)3-2-5-12-7-9-4-6-14-8-9/h9,12H,2-8H2,1H3,(H,11,13). The second-order valence-electron chi connectivity index (χ2n) is 3.71. The highest BCUT2D eigenvalue weighted by Gasteiger charge is 2.14. The molecule has 0 aromatic rings. The first kappa shape index (κ1) is 11.5. The molecule has 4 heteroatoms. The summed E-state index contributed by atoms with van der Waals surface area (Å²) in [4.78, 5) is 10.9. The van der Waals surface area contributed by atoms with Crippen LogP contribution in [0.4, 0.5) is 0 Å². The molecular weight excluding hydrogens is 180 g/mol. The number of carbonyl (C=O) groups is 1. The Kier molecular flexibility index (Phi) is 5.56. The van der Waals surface area contributed by atoms with Crippen molar-refractivity contribution < 1.29 is 9.53 Å². The molecule has 0 radical (unpaired) electrons. The summed E-state index contributed by atoms with van der Waals surface area (Å²) in [6, 6.07) is 0. The molecular formula is C10H20N2O2. The lowest BCUT2D eigenvalue weighted by atomic mass is 10.1. The van der Waals surface area contributed by atoms with Crippen molar-refractivity contribution in [2.45, 2.75) is 19.3 Å². The van der Waals surface area contributed by atoms with E-state index in [-0.39, 0.29) is 5.91 Å². The van der Waals surface area contributed by atoms with Crippen LogP contribution in [0.25, 0.3) is 0 Å². The van der Waals surface area contributed by atoms with Crippen LogP contribution in [0.3, 0.4) is 0 Å². The van der Waals surface area contributed by atoms with Crippen LogP contribution in [0, 0.1) is 5.92 Å². The van der Waals surface area contributed by atoms with Gasteiger partial charge in [0, 0.05) is 26.6 Å². The van der Waals surface area contributed by atoms with Crippen molar-refractivity contribution in [1.82, 2.24) is 10.6 Å². The van der Waals surface area contributed by atoms with Crippen LogP contribution in [0.5, 0.6) is 0 Å². The molecule has 4 nitrogen and oxygen atoms in total. The third kappa shape index (κ3) is 4.58. The zero-order chi connectivity index (χ0) is 10.2. The average molecular weight is 200 g/mol. The summed E-state index contributed by atoms with van der Waals surface area (Å²) >= 11 is 0. The molecule has 1 aliphatic heterocycles. The Morgan fingerprint density at radius 2 is 2.43 bits per heavy atom. The summed E-state index contributed by atoms with van der Waals surface area (Å²) in [6.45, 7) is 3.74. The average Bonchev–Trinajstić information content (AvgIpc) is 2.69. The third-order valence-corrected chi connectivity index (χ3v) is 2.49. The van der Waals surface area contributed by atoms with Crippen LogP contribution in [0.15, 0.2) is 0 Å². The number of hydrogen-bond donors (Lipinski definition) is 2. The Bertz CT molecular complexity index is 168. The van der Waals surface area contributed by atoms with Crippen LogP contribution in [-0.4, -0.2) is 39.3 Å². The number of carbonyl (C=O) groups excluding carboxylic acids is 1. The van der Waals surface area contributed by atoms with Gasteiger partial charge in [0.15, 0.2) is 0 Å². The van der Waals surface area contributed by atoms with Crippen molar-refractivity contribution in [1.29, 1.82) is 0 Å². The van der Waals surface area contributed by atoms with E-state index in [4.69, 9.17) is 4.74 Å². The quantitative estimate of drug-likeness (QED) is 0.600. The minimum atomic E-state index is 0.121. The van der Waals surface area contributed by atoms with E-state index >= 15 is 0 Å². The van der Waals surface area contributed by atoms with Crippen molar-refractivity contribution in [2.75, 3.05) is 33.4 Å². The van der Waals surface area contributed by atoms with Gasteiger partial charge in [-0.05, 0) is 25.3 Å². The maximum atomic E-state index is 10.9. The van der Waals surface area contributed by atoms with Gasteiger partial charge >= 0.3 is 0 Å². The number of amides is 1. The summed E-state index contributed by atoms with van der Waals surface area (Å²) < 4.78 is 5.27. The van der Waals surface area contributed by atoms with E-state index in [2.05, 4.69) is 10.6 Å². The van der Waals surface area contributed by atoms with Gasteiger partial charge in [-0.25, -0.2) is 0 Å². The van der Waals surface area contributed by atoms with Crippen molar-refractivity contribution >= 4 is 5.91 Å². The van der Waals surface area contributed by atoms with Crippen molar-refractivity contribution in [3.63, 3.8) is 0 Å². The highest BCUT2D eigenvalue weighted by molar-refractivity contribution is 5.75. The SMILES string of the molecule is CNC(=O)CCCNCC1CCOC1.